The van der Waals surface area contributed by atoms with Crippen molar-refractivity contribution in [3.8, 4) is 0 Å². The van der Waals surface area contributed by atoms with Crippen molar-refractivity contribution in [1.82, 2.24) is 0 Å². The van der Waals surface area contributed by atoms with Crippen molar-refractivity contribution in [3.63, 3.8) is 0 Å². The highest BCUT2D eigenvalue weighted by Gasteiger charge is 2.21. The van der Waals surface area contributed by atoms with Crippen molar-refractivity contribution >= 4 is 0 Å². The van der Waals surface area contributed by atoms with E-state index in [0.717, 1.165) is 18.3 Å². The maximum absolute atomic E-state index is 8.84. The van der Waals surface area contributed by atoms with E-state index in [1.165, 1.54) is 32.1 Å². The van der Waals surface area contributed by atoms with Gasteiger partial charge in [-0.25, -0.2) is 0 Å². The Labute approximate surface area is 81.5 Å². The zero-order chi connectivity index (χ0) is 9.68. The third kappa shape index (κ3) is 3.65. The molecule has 0 heterocycles. The molecule has 1 fully saturated rings. The van der Waals surface area contributed by atoms with Crippen LogP contribution in [0.2, 0.25) is 0 Å². The molecule has 0 aromatic rings. The lowest BCUT2D eigenvalue weighted by atomic mass is 9.78. The quantitative estimate of drug-likeness (QED) is 0.703. The molecule has 0 bridgehead atoms. The maximum atomic E-state index is 8.84. The number of aliphatic hydroxyl groups is 1. The fourth-order valence-electron chi connectivity index (χ4n) is 2.38. The lowest BCUT2D eigenvalue weighted by Gasteiger charge is -2.29. The number of hydrogen-bond acceptors (Lipinski definition) is 2. The van der Waals surface area contributed by atoms with Gasteiger partial charge in [0.25, 0.3) is 0 Å². The van der Waals surface area contributed by atoms with Gasteiger partial charge in [0.1, 0.15) is 0 Å². The molecular weight excluding hydrogens is 162 g/mol. The predicted molar refractivity (Wildman–Crippen MR) is 55.4 cm³/mol. The Morgan fingerprint density at radius 3 is 2.23 bits per heavy atom. The Bertz CT molecular complexity index is 130. The van der Waals surface area contributed by atoms with Crippen molar-refractivity contribution in [2.75, 3.05) is 6.61 Å². The van der Waals surface area contributed by atoms with Crippen LogP contribution in [0.5, 0.6) is 0 Å². The van der Waals surface area contributed by atoms with E-state index >= 15 is 0 Å². The number of hydrogen-bond donors (Lipinski definition) is 2. The molecule has 2 heteroatoms. The first kappa shape index (κ1) is 11.0. The van der Waals surface area contributed by atoms with Crippen LogP contribution >= 0.6 is 0 Å². The van der Waals surface area contributed by atoms with Gasteiger partial charge in [0.05, 0.1) is 6.61 Å². The molecule has 1 rings (SSSR count). The van der Waals surface area contributed by atoms with Crippen molar-refractivity contribution in [2.45, 2.75) is 51.5 Å². The largest absolute Gasteiger partial charge is 0.395 e. The van der Waals surface area contributed by atoms with Crippen LogP contribution in [-0.4, -0.2) is 17.8 Å². The highest BCUT2D eigenvalue weighted by atomic mass is 16.3. The molecule has 0 aromatic heterocycles. The summed E-state index contributed by atoms with van der Waals surface area (Å²) in [5.41, 5.74) is 5.72. The lowest BCUT2D eigenvalue weighted by Crippen LogP contribution is -2.29. The van der Waals surface area contributed by atoms with Crippen LogP contribution in [0.4, 0.5) is 0 Å². The third-order valence-electron chi connectivity index (χ3n) is 3.41. The molecule has 1 unspecified atom stereocenters. The molecule has 1 saturated carbocycles. The van der Waals surface area contributed by atoms with Crippen molar-refractivity contribution in [2.24, 2.45) is 17.6 Å². The summed E-state index contributed by atoms with van der Waals surface area (Å²) in [6, 6.07) is 0.0168. The van der Waals surface area contributed by atoms with Crippen molar-refractivity contribution in [1.29, 1.82) is 0 Å². The summed E-state index contributed by atoms with van der Waals surface area (Å²) in [6.07, 6.45) is 7.75. The van der Waals surface area contributed by atoms with E-state index in [4.69, 9.17) is 10.8 Å². The molecular formula is C11H23NO. The molecule has 0 radical (unpaired) electrons. The van der Waals surface area contributed by atoms with Crippen molar-refractivity contribution < 1.29 is 5.11 Å². The van der Waals surface area contributed by atoms with Gasteiger partial charge in [-0.1, -0.05) is 39.0 Å². The summed E-state index contributed by atoms with van der Waals surface area (Å²) in [4.78, 5) is 0. The van der Waals surface area contributed by atoms with E-state index in [2.05, 4.69) is 6.92 Å². The average molecular weight is 185 g/mol. The molecule has 13 heavy (non-hydrogen) atoms. The molecule has 1 aliphatic carbocycles. The van der Waals surface area contributed by atoms with E-state index < -0.39 is 0 Å². The number of rotatable bonds is 4. The van der Waals surface area contributed by atoms with Gasteiger partial charge in [-0.15, -0.1) is 0 Å². The van der Waals surface area contributed by atoms with E-state index in [1.807, 2.05) is 0 Å². The first-order chi connectivity index (χ1) is 6.26. The first-order valence-corrected chi connectivity index (χ1v) is 5.62. The minimum Gasteiger partial charge on any atom is -0.395 e. The molecule has 0 aromatic carbocycles. The van der Waals surface area contributed by atoms with Crippen LogP contribution in [0.15, 0.2) is 0 Å². The topological polar surface area (TPSA) is 46.2 Å². The van der Waals surface area contributed by atoms with Crippen LogP contribution in [0.1, 0.15) is 45.4 Å². The van der Waals surface area contributed by atoms with Gasteiger partial charge in [-0.05, 0) is 18.3 Å². The zero-order valence-electron chi connectivity index (χ0n) is 8.71. The van der Waals surface area contributed by atoms with E-state index in [1.54, 1.807) is 0 Å². The van der Waals surface area contributed by atoms with Gasteiger partial charge in [0.15, 0.2) is 0 Å². The summed E-state index contributed by atoms with van der Waals surface area (Å²) in [6.45, 7) is 2.43. The fraction of sp³-hybridized carbons (Fsp3) is 1.00. The van der Waals surface area contributed by atoms with Crippen LogP contribution < -0.4 is 5.73 Å². The monoisotopic (exact) mass is 185 g/mol. The number of aliphatic hydroxyl groups excluding tert-OH is 1. The second-order valence-electron chi connectivity index (χ2n) is 4.47. The summed E-state index contributed by atoms with van der Waals surface area (Å²) in [5, 5.41) is 8.84. The normalized spacial score (nSPS) is 31.6. The fourth-order valence-corrected chi connectivity index (χ4v) is 2.38. The van der Waals surface area contributed by atoms with Crippen LogP contribution in [0.25, 0.3) is 0 Å². The second-order valence-corrected chi connectivity index (χ2v) is 4.47. The van der Waals surface area contributed by atoms with E-state index in [-0.39, 0.29) is 12.6 Å². The Balaban J connectivity index is 2.17. The van der Waals surface area contributed by atoms with Crippen LogP contribution in [0.3, 0.4) is 0 Å². The van der Waals surface area contributed by atoms with E-state index in [0.29, 0.717) is 0 Å². The average Bonchev–Trinajstić information content (AvgIpc) is 2.19. The predicted octanol–water partition coefficient (Wildman–Crippen LogP) is 1.91. The maximum Gasteiger partial charge on any atom is 0.0582 e. The molecule has 0 aliphatic heterocycles. The molecule has 0 amide bonds. The van der Waals surface area contributed by atoms with Gasteiger partial charge in [0.2, 0.25) is 0 Å². The summed E-state index contributed by atoms with van der Waals surface area (Å²) in [5.74, 6) is 1.74. The smallest absolute Gasteiger partial charge is 0.0582 e. The molecule has 1 atom stereocenters. The minimum atomic E-state index is 0.0168. The lowest BCUT2D eigenvalue weighted by molar-refractivity contribution is 0.207. The zero-order valence-corrected chi connectivity index (χ0v) is 8.71. The summed E-state index contributed by atoms with van der Waals surface area (Å²) < 4.78 is 0. The number of nitrogens with two attached hydrogens (primary N) is 1. The molecule has 1 aliphatic rings. The minimum absolute atomic E-state index is 0.0168. The Kier molecular flexibility index (Phi) is 4.74. The molecule has 0 spiro atoms. The van der Waals surface area contributed by atoms with Gasteiger partial charge in [-0.3, -0.25) is 0 Å². The molecule has 3 N–H and O–H groups in total. The van der Waals surface area contributed by atoms with Gasteiger partial charge in [-0.2, -0.15) is 0 Å². The Morgan fingerprint density at radius 2 is 1.77 bits per heavy atom. The van der Waals surface area contributed by atoms with Gasteiger partial charge >= 0.3 is 0 Å². The highest BCUT2D eigenvalue weighted by molar-refractivity contribution is 4.75. The Hall–Kier alpha value is -0.0800. The summed E-state index contributed by atoms with van der Waals surface area (Å²) >= 11 is 0. The second kappa shape index (κ2) is 5.61. The SMILES string of the molecule is CCC1CCC(CC(N)CO)CC1. The van der Waals surface area contributed by atoms with E-state index in [9.17, 15) is 0 Å². The van der Waals surface area contributed by atoms with Crippen LogP contribution in [0, 0.1) is 11.8 Å². The standard InChI is InChI=1S/C11H23NO/c1-2-9-3-5-10(6-4-9)7-11(12)8-13/h9-11,13H,2-8,12H2,1H3. The molecule has 0 saturated heterocycles. The highest BCUT2D eigenvalue weighted by Crippen LogP contribution is 2.32. The van der Waals surface area contributed by atoms with Gasteiger partial charge in [0, 0.05) is 6.04 Å². The molecule has 78 valence electrons. The van der Waals surface area contributed by atoms with Gasteiger partial charge < -0.3 is 10.8 Å². The summed E-state index contributed by atoms with van der Waals surface area (Å²) in [7, 11) is 0. The molecule has 2 nitrogen and oxygen atoms in total. The first-order valence-electron chi connectivity index (χ1n) is 5.62. The van der Waals surface area contributed by atoms with Crippen molar-refractivity contribution in [3.05, 3.63) is 0 Å². The third-order valence-corrected chi connectivity index (χ3v) is 3.41. The van der Waals surface area contributed by atoms with Crippen LogP contribution in [-0.2, 0) is 0 Å². The Morgan fingerprint density at radius 1 is 1.23 bits per heavy atom.